The van der Waals surface area contributed by atoms with E-state index in [0.29, 0.717) is 6.61 Å². The van der Waals surface area contributed by atoms with E-state index in [4.69, 9.17) is 4.74 Å². The first-order valence-corrected chi connectivity index (χ1v) is 9.55. The standard InChI is InChI=1S/C14H26N2O4S/c1-11(2)20-8-5-14(17)15-12-9-21(18,19)10-13(12)16-6-3-4-7-16/h11-13H,3-10H2,1-2H3,(H,15,17)/t12-,13-/m0/s1. The van der Waals surface area contributed by atoms with Crippen LogP contribution >= 0.6 is 0 Å². The van der Waals surface area contributed by atoms with Gasteiger partial charge in [0.05, 0.1) is 30.3 Å². The summed E-state index contributed by atoms with van der Waals surface area (Å²) in [6, 6.07) is -0.341. The summed E-state index contributed by atoms with van der Waals surface area (Å²) in [5.74, 6) is 0.104. The first-order valence-electron chi connectivity index (χ1n) is 7.73. The Kier molecular flexibility index (Phi) is 5.62. The molecular weight excluding hydrogens is 292 g/mol. The third kappa shape index (κ3) is 4.93. The van der Waals surface area contributed by atoms with Crippen molar-refractivity contribution < 1.29 is 17.9 Å². The summed E-state index contributed by atoms with van der Waals surface area (Å²) in [6.45, 7) is 6.08. The van der Waals surface area contributed by atoms with Crippen LogP contribution in [0.5, 0.6) is 0 Å². The van der Waals surface area contributed by atoms with Crippen LogP contribution in [0.4, 0.5) is 0 Å². The van der Waals surface area contributed by atoms with Gasteiger partial charge in [0, 0.05) is 12.5 Å². The number of hydrogen-bond donors (Lipinski definition) is 1. The lowest BCUT2D eigenvalue weighted by molar-refractivity contribution is -0.123. The quantitative estimate of drug-likeness (QED) is 0.756. The Morgan fingerprint density at radius 3 is 2.57 bits per heavy atom. The van der Waals surface area contributed by atoms with Gasteiger partial charge in [-0.25, -0.2) is 8.42 Å². The van der Waals surface area contributed by atoms with Gasteiger partial charge in [0.15, 0.2) is 9.84 Å². The average molecular weight is 318 g/mol. The number of carbonyl (C=O) groups is 1. The smallest absolute Gasteiger partial charge is 0.222 e. The molecule has 122 valence electrons. The summed E-state index contributed by atoms with van der Waals surface area (Å²) in [7, 11) is -3.05. The summed E-state index contributed by atoms with van der Waals surface area (Å²) in [5, 5.41) is 2.90. The molecule has 2 aliphatic heterocycles. The molecule has 6 nitrogen and oxygen atoms in total. The van der Waals surface area contributed by atoms with Crippen molar-refractivity contribution in [1.82, 2.24) is 10.2 Å². The largest absolute Gasteiger partial charge is 0.378 e. The fraction of sp³-hybridized carbons (Fsp3) is 0.929. The van der Waals surface area contributed by atoms with E-state index in [-0.39, 0.29) is 42.0 Å². The van der Waals surface area contributed by atoms with Gasteiger partial charge in [0.1, 0.15) is 0 Å². The van der Waals surface area contributed by atoms with Crippen molar-refractivity contribution in [2.24, 2.45) is 0 Å². The summed E-state index contributed by atoms with van der Waals surface area (Å²) in [6.07, 6.45) is 2.60. The van der Waals surface area contributed by atoms with Crippen molar-refractivity contribution in [2.75, 3.05) is 31.2 Å². The molecule has 0 bridgehead atoms. The fourth-order valence-corrected chi connectivity index (χ4v) is 5.02. The first kappa shape index (κ1) is 16.7. The Balaban J connectivity index is 1.88. The molecule has 2 saturated heterocycles. The molecule has 0 unspecified atom stereocenters. The normalized spacial score (nSPS) is 29.1. The summed E-state index contributed by atoms with van der Waals surface area (Å²) in [4.78, 5) is 14.2. The number of carbonyl (C=O) groups excluding carboxylic acids is 1. The average Bonchev–Trinajstić information content (AvgIpc) is 2.96. The Morgan fingerprint density at radius 1 is 1.29 bits per heavy atom. The van der Waals surface area contributed by atoms with Crippen molar-refractivity contribution in [3.63, 3.8) is 0 Å². The van der Waals surface area contributed by atoms with Crippen LogP contribution in [0.2, 0.25) is 0 Å². The molecule has 2 aliphatic rings. The Morgan fingerprint density at radius 2 is 1.95 bits per heavy atom. The van der Waals surface area contributed by atoms with E-state index in [1.807, 2.05) is 13.8 Å². The van der Waals surface area contributed by atoms with Crippen LogP contribution in [0.25, 0.3) is 0 Å². The lowest BCUT2D eigenvalue weighted by Gasteiger charge is -2.28. The molecular formula is C14H26N2O4S. The highest BCUT2D eigenvalue weighted by atomic mass is 32.2. The highest BCUT2D eigenvalue weighted by Gasteiger charge is 2.42. The number of nitrogens with one attached hydrogen (secondary N) is 1. The molecule has 0 aromatic rings. The van der Waals surface area contributed by atoms with E-state index < -0.39 is 9.84 Å². The van der Waals surface area contributed by atoms with Crippen molar-refractivity contribution in [2.45, 2.75) is 51.3 Å². The number of amides is 1. The minimum absolute atomic E-state index is 0.0605. The molecule has 7 heteroatoms. The maximum atomic E-state index is 11.9. The summed E-state index contributed by atoms with van der Waals surface area (Å²) < 4.78 is 29.1. The van der Waals surface area contributed by atoms with Crippen molar-refractivity contribution in [3.05, 3.63) is 0 Å². The predicted octanol–water partition coefficient (Wildman–Crippen LogP) is 0.179. The number of rotatable bonds is 6. The van der Waals surface area contributed by atoms with Crippen LogP contribution in [0.1, 0.15) is 33.1 Å². The molecule has 0 radical (unpaired) electrons. The molecule has 2 atom stereocenters. The molecule has 0 aromatic carbocycles. The molecule has 0 aliphatic carbocycles. The van der Waals surface area contributed by atoms with Gasteiger partial charge in [-0.2, -0.15) is 0 Å². The Labute approximate surface area is 127 Å². The predicted molar refractivity (Wildman–Crippen MR) is 80.9 cm³/mol. The third-order valence-corrected chi connectivity index (χ3v) is 5.78. The zero-order valence-corrected chi connectivity index (χ0v) is 13.7. The maximum Gasteiger partial charge on any atom is 0.222 e. The van der Waals surface area contributed by atoms with E-state index in [1.165, 1.54) is 0 Å². The molecule has 2 fully saturated rings. The SMILES string of the molecule is CC(C)OCCC(=O)N[C@H]1CS(=O)(=O)C[C@@H]1N1CCCC1. The van der Waals surface area contributed by atoms with Crippen LogP contribution in [0.3, 0.4) is 0 Å². The van der Waals surface area contributed by atoms with Crippen LogP contribution in [-0.2, 0) is 19.4 Å². The highest BCUT2D eigenvalue weighted by molar-refractivity contribution is 7.91. The molecule has 0 saturated carbocycles. The minimum atomic E-state index is -3.05. The fourth-order valence-electron chi connectivity index (χ4n) is 3.07. The summed E-state index contributed by atoms with van der Waals surface area (Å²) in [5.41, 5.74) is 0. The third-order valence-electron chi connectivity index (χ3n) is 4.06. The van der Waals surface area contributed by atoms with Crippen molar-refractivity contribution >= 4 is 15.7 Å². The van der Waals surface area contributed by atoms with Gasteiger partial charge in [-0.05, 0) is 39.8 Å². The van der Waals surface area contributed by atoms with Gasteiger partial charge in [-0.3, -0.25) is 9.69 Å². The zero-order valence-electron chi connectivity index (χ0n) is 12.9. The van der Waals surface area contributed by atoms with Gasteiger partial charge in [0.2, 0.25) is 5.91 Å². The van der Waals surface area contributed by atoms with Gasteiger partial charge in [-0.15, -0.1) is 0 Å². The molecule has 0 spiro atoms. The van der Waals surface area contributed by atoms with E-state index in [2.05, 4.69) is 10.2 Å². The number of sulfone groups is 1. The molecule has 2 rings (SSSR count). The maximum absolute atomic E-state index is 11.9. The van der Waals surface area contributed by atoms with E-state index >= 15 is 0 Å². The number of hydrogen-bond acceptors (Lipinski definition) is 5. The summed E-state index contributed by atoms with van der Waals surface area (Å²) >= 11 is 0. The van der Waals surface area contributed by atoms with Crippen molar-refractivity contribution in [3.8, 4) is 0 Å². The van der Waals surface area contributed by atoms with E-state index in [1.54, 1.807) is 0 Å². The second-order valence-corrected chi connectivity index (χ2v) is 8.38. The zero-order chi connectivity index (χ0) is 15.5. The second-order valence-electron chi connectivity index (χ2n) is 6.23. The lowest BCUT2D eigenvalue weighted by Crippen LogP contribution is -2.50. The van der Waals surface area contributed by atoms with Crippen LogP contribution in [-0.4, -0.2) is 68.6 Å². The van der Waals surface area contributed by atoms with Crippen molar-refractivity contribution in [1.29, 1.82) is 0 Å². The molecule has 1 amide bonds. The van der Waals surface area contributed by atoms with Crippen LogP contribution < -0.4 is 5.32 Å². The van der Waals surface area contributed by atoms with Crippen LogP contribution in [0, 0.1) is 0 Å². The molecule has 21 heavy (non-hydrogen) atoms. The monoisotopic (exact) mass is 318 g/mol. The minimum Gasteiger partial charge on any atom is -0.378 e. The van der Waals surface area contributed by atoms with Gasteiger partial charge in [0.25, 0.3) is 0 Å². The molecule has 2 heterocycles. The number of nitrogens with zero attached hydrogens (tertiary/aromatic N) is 1. The topological polar surface area (TPSA) is 75.7 Å². The van der Waals surface area contributed by atoms with Gasteiger partial charge in [-0.1, -0.05) is 0 Å². The van der Waals surface area contributed by atoms with E-state index in [0.717, 1.165) is 25.9 Å². The van der Waals surface area contributed by atoms with E-state index in [9.17, 15) is 13.2 Å². The van der Waals surface area contributed by atoms with Crippen LogP contribution in [0.15, 0.2) is 0 Å². The second kappa shape index (κ2) is 7.07. The number of likely N-dealkylation sites (tertiary alicyclic amines) is 1. The Hall–Kier alpha value is -0.660. The Bertz CT molecular complexity index is 458. The highest BCUT2D eigenvalue weighted by Crippen LogP contribution is 2.22. The molecule has 1 N–H and O–H groups in total. The lowest BCUT2D eigenvalue weighted by atomic mass is 10.1. The van der Waals surface area contributed by atoms with Gasteiger partial charge >= 0.3 is 0 Å². The first-order chi connectivity index (χ1) is 9.87. The van der Waals surface area contributed by atoms with Gasteiger partial charge < -0.3 is 10.1 Å². The number of ether oxygens (including phenoxy) is 1. The molecule has 0 aromatic heterocycles.